The highest BCUT2D eigenvalue weighted by molar-refractivity contribution is 6.04. The average Bonchev–Trinajstić information content (AvgIpc) is 3.24. The summed E-state index contributed by atoms with van der Waals surface area (Å²) in [6, 6.07) is 13.2. The Morgan fingerprint density at radius 1 is 1.29 bits per heavy atom. The van der Waals surface area contributed by atoms with Crippen LogP contribution in [0.2, 0.25) is 0 Å². The van der Waals surface area contributed by atoms with Crippen LogP contribution < -0.4 is 14.8 Å². The van der Waals surface area contributed by atoms with Crippen molar-refractivity contribution in [1.82, 2.24) is 15.0 Å². The predicted octanol–water partition coefficient (Wildman–Crippen LogP) is 3.55. The van der Waals surface area contributed by atoms with Gasteiger partial charge in [0, 0.05) is 18.1 Å². The Hall–Kier alpha value is -3.35. The van der Waals surface area contributed by atoms with Gasteiger partial charge in [-0.2, -0.15) is 9.90 Å². The lowest BCUT2D eigenvalue weighted by Gasteiger charge is -2.13. The number of fused-ring (bicyclic) bond motifs is 1. The van der Waals surface area contributed by atoms with E-state index in [-0.39, 0.29) is 17.7 Å². The van der Waals surface area contributed by atoms with E-state index in [0.717, 1.165) is 23.4 Å². The Morgan fingerprint density at radius 2 is 2.07 bits per heavy atom. The van der Waals surface area contributed by atoms with Crippen LogP contribution in [-0.4, -0.2) is 33.6 Å². The Kier molecular flexibility index (Phi) is 4.73. The zero-order chi connectivity index (χ0) is 19.7. The van der Waals surface area contributed by atoms with Crippen LogP contribution >= 0.6 is 0 Å². The number of rotatable bonds is 5. The van der Waals surface area contributed by atoms with Gasteiger partial charge in [-0.15, -0.1) is 5.10 Å². The van der Waals surface area contributed by atoms with Gasteiger partial charge >= 0.3 is 0 Å². The topological polar surface area (TPSA) is 78.3 Å². The van der Waals surface area contributed by atoms with Gasteiger partial charge in [0.05, 0.1) is 23.7 Å². The largest absolute Gasteiger partial charge is 0.492 e. The SMILES string of the molecule is CCOc1cc2c(cc1NC(=O)c1nn(-c3ccccc3)nc1C)O[C@H](C)C2. The predicted molar refractivity (Wildman–Crippen MR) is 105 cm³/mol. The molecule has 0 saturated heterocycles. The molecule has 2 heterocycles. The third-order valence-corrected chi connectivity index (χ3v) is 4.53. The molecule has 1 aliphatic heterocycles. The first-order chi connectivity index (χ1) is 13.5. The number of amides is 1. The number of aromatic nitrogens is 3. The molecule has 0 saturated carbocycles. The third kappa shape index (κ3) is 3.43. The Morgan fingerprint density at radius 3 is 2.82 bits per heavy atom. The molecule has 0 radical (unpaired) electrons. The summed E-state index contributed by atoms with van der Waals surface area (Å²) in [6.07, 6.45) is 0.942. The summed E-state index contributed by atoms with van der Waals surface area (Å²) in [4.78, 5) is 14.3. The molecular formula is C21H22N4O3. The summed E-state index contributed by atoms with van der Waals surface area (Å²) in [5.41, 5.74) is 3.25. The summed E-state index contributed by atoms with van der Waals surface area (Å²) in [5.74, 6) is 1.06. The summed E-state index contributed by atoms with van der Waals surface area (Å²) in [5, 5.41) is 11.6. The van der Waals surface area contributed by atoms with Crippen molar-refractivity contribution in [2.75, 3.05) is 11.9 Å². The minimum atomic E-state index is -0.341. The summed E-state index contributed by atoms with van der Waals surface area (Å²) < 4.78 is 11.5. The number of anilines is 1. The van der Waals surface area contributed by atoms with Crippen molar-refractivity contribution in [3.8, 4) is 17.2 Å². The van der Waals surface area contributed by atoms with Gasteiger partial charge in [0.25, 0.3) is 5.91 Å². The number of ether oxygens (including phenoxy) is 2. The van der Waals surface area contributed by atoms with E-state index in [9.17, 15) is 4.79 Å². The van der Waals surface area contributed by atoms with Gasteiger partial charge in [-0.25, -0.2) is 0 Å². The molecule has 1 aromatic heterocycles. The molecule has 144 valence electrons. The van der Waals surface area contributed by atoms with Crippen molar-refractivity contribution in [2.45, 2.75) is 33.3 Å². The zero-order valence-corrected chi connectivity index (χ0v) is 16.1. The maximum Gasteiger partial charge on any atom is 0.278 e. The van der Waals surface area contributed by atoms with Crippen molar-refractivity contribution in [1.29, 1.82) is 0 Å². The minimum absolute atomic E-state index is 0.114. The number of hydrogen-bond acceptors (Lipinski definition) is 5. The van der Waals surface area contributed by atoms with Gasteiger partial charge in [0.15, 0.2) is 5.69 Å². The fourth-order valence-electron chi connectivity index (χ4n) is 3.26. The second-order valence-electron chi connectivity index (χ2n) is 6.73. The Bertz CT molecular complexity index is 1010. The number of para-hydroxylation sites is 1. The average molecular weight is 378 g/mol. The van der Waals surface area contributed by atoms with Gasteiger partial charge < -0.3 is 14.8 Å². The summed E-state index contributed by atoms with van der Waals surface area (Å²) in [7, 11) is 0. The van der Waals surface area contributed by atoms with E-state index in [0.29, 0.717) is 23.7 Å². The van der Waals surface area contributed by atoms with Crippen molar-refractivity contribution in [2.24, 2.45) is 0 Å². The van der Waals surface area contributed by atoms with Crippen LogP contribution in [0.1, 0.15) is 35.6 Å². The van der Waals surface area contributed by atoms with Gasteiger partial charge in [0.2, 0.25) is 0 Å². The lowest BCUT2D eigenvalue weighted by Crippen LogP contribution is -2.15. The molecule has 4 rings (SSSR count). The normalized spacial score (nSPS) is 15.0. The number of benzene rings is 2. The lowest BCUT2D eigenvalue weighted by molar-refractivity contribution is 0.102. The molecule has 1 atom stereocenters. The van der Waals surface area contributed by atoms with E-state index < -0.39 is 0 Å². The van der Waals surface area contributed by atoms with E-state index in [1.807, 2.05) is 56.3 Å². The molecule has 2 aromatic carbocycles. The molecule has 1 N–H and O–H groups in total. The Balaban J connectivity index is 1.62. The second-order valence-corrected chi connectivity index (χ2v) is 6.73. The van der Waals surface area contributed by atoms with Crippen molar-refractivity contribution >= 4 is 11.6 Å². The van der Waals surface area contributed by atoms with E-state index in [4.69, 9.17) is 9.47 Å². The van der Waals surface area contributed by atoms with Crippen LogP contribution in [0, 0.1) is 6.92 Å². The monoisotopic (exact) mass is 378 g/mol. The lowest BCUT2D eigenvalue weighted by atomic mass is 10.1. The van der Waals surface area contributed by atoms with E-state index in [2.05, 4.69) is 15.5 Å². The van der Waals surface area contributed by atoms with Crippen LogP contribution in [0.25, 0.3) is 5.69 Å². The van der Waals surface area contributed by atoms with Crippen LogP contribution in [0.5, 0.6) is 11.5 Å². The van der Waals surface area contributed by atoms with E-state index in [1.165, 1.54) is 4.80 Å². The van der Waals surface area contributed by atoms with Crippen molar-refractivity contribution in [3.05, 3.63) is 59.4 Å². The highest BCUT2D eigenvalue weighted by atomic mass is 16.5. The first kappa shape index (κ1) is 18.0. The molecule has 0 fully saturated rings. The standard InChI is InChI=1S/C21H22N4O3/c1-4-27-19-11-15-10-13(2)28-18(15)12-17(19)22-21(26)20-14(3)23-25(24-20)16-8-6-5-7-9-16/h5-9,11-13H,4,10H2,1-3H3,(H,22,26)/t13-/m1/s1. The zero-order valence-electron chi connectivity index (χ0n) is 16.1. The first-order valence-corrected chi connectivity index (χ1v) is 9.32. The smallest absolute Gasteiger partial charge is 0.278 e. The second kappa shape index (κ2) is 7.34. The highest BCUT2D eigenvalue weighted by Crippen LogP contribution is 2.38. The number of hydrogen-bond donors (Lipinski definition) is 1. The highest BCUT2D eigenvalue weighted by Gasteiger charge is 2.24. The molecule has 1 amide bonds. The Labute approximate surface area is 163 Å². The summed E-state index contributed by atoms with van der Waals surface area (Å²) in [6.45, 7) is 6.19. The molecule has 28 heavy (non-hydrogen) atoms. The van der Waals surface area contributed by atoms with E-state index >= 15 is 0 Å². The van der Waals surface area contributed by atoms with Gasteiger partial charge in [-0.05, 0) is 39.0 Å². The first-order valence-electron chi connectivity index (χ1n) is 9.32. The van der Waals surface area contributed by atoms with Crippen molar-refractivity contribution in [3.63, 3.8) is 0 Å². The number of aryl methyl sites for hydroxylation is 1. The molecule has 0 spiro atoms. The van der Waals surface area contributed by atoms with Crippen LogP contribution in [0.15, 0.2) is 42.5 Å². The molecular weight excluding hydrogens is 356 g/mol. The van der Waals surface area contributed by atoms with Crippen LogP contribution in [0.3, 0.4) is 0 Å². The third-order valence-electron chi connectivity index (χ3n) is 4.53. The maximum atomic E-state index is 12.9. The molecule has 0 aliphatic carbocycles. The molecule has 0 bridgehead atoms. The summed E-state index contributed by atoms with van der Waals surface area (Å²) >= 11 is 0. The van der Waals surface area contributed by atoms with Crippen LogP contribution in [0.4, 0.5) is 5.69 Å². The maximum absolute atomic E-state index is 12.9. The fraction of sp³-hybridized carbons (Fsp3) is 0.286. The number of nitrogens with one attached hydrogen (secondary N) is 1. The molecule has 1 aliphatic rings. The molecule has 7 heteroatoms. The molecule has 7 nitrogen and oxygen atoms in total. The van der Waals surface area contributed by atoms with Gasteiger partial charge in [-0.1, -0.05) is 18.2 Å². The van der Waals surface area contributed by atoms with E-state index in [1.54, 1.807) is 6.92 Å². The number of carbonyl (C=O) groups excluding carboxylic acids is 1. The number of carbonyl (C=O) groups is 1. The van der Waals surface area contributed by atoms with Gasteiger partial charge in [0.1, 0.15) is 17.6 Å². The number of nitrogens with zero attached hydrogens (tertiary/aromatic N) is 3. The molecule has 0 unspecified atom stereocenters. The fourth-order valence-corrected chi connectivity index (χ4v) is 3.26. The van der Waals surface area contributed by atoms with Gasteiger partial charge in [-0.3, -0.25) is 4.79 Å². The quantitative estimate of drug-likeness (QED) is 0.735. The molecule has 3 aromatic rings. The van der Waals surface area contributed by atoms with Crippen LogP contribution in [-0.2, 0) is 6.42 Å². The van der Waals surface area contributed by atoms with Crippen molar-refractivity contribution < 1.29 is 14.3 Å². The minimum Gasteiger partial charge on any atom is -0.492 e.